The molecule has 1 rings (SSSR count). The van der Waals surface area contributed by atoms with Crippen molar-refractivity contribution in [3.63, 3.8) is 0 Å². The molecular weight excluding hydrogens is 186 g/mol. The molecule has 0 bridgehead atoms. The number of anilines is 1. The highest BCUT2D eigenvalue weighted by atomic mass is 16.5. The van der Waals surface area contributed by atoms with Gasteiger partial charge in [-0.3, -0.25) is 0 Å². The highest BCUT2D eigenvalue weighted by Crippen LogP contribution is 2.16. The van der Waals surface area contributed by atoms with E-state index in [0.29, 0.717) is 6.04 Å². The number of ether oxygens (including phenoxy) is 1. The lowest BCUT2D eigenvalue weighted by atomic mass is 10.2. The third-order valence-electron chi connectivity index (χ3n) is 2.35. The van der Waals surface area contributed by atoms with Crippen LogP contribution in [0.25, 0.3) is 0 Å². The molecule has 0 heterocycles. The van der Waals surface area contributed by atoms with Gasteiger partial charge in [0.05, 0.1) is 6.61 Å². The SMILES string of the molecule is CCCOc1ccc(NC(C)CC)cc1. The van der Waals surface area contributed by atoms with Crippen molar-refractivity contribution < 1.29 is 4.74 Å². The van der Waals surface area contributed by atoms with Crippen LogP contribution in [0.4, 0.5) is 5.69 Å². The summed E-state index contributed by atoms with van der Waals surface area (Å²) in [6, 6.07) is 8.68. The predicted octanol–water partition coefficient (Wildman–Crippen LogP) is 3.69. The predicted molar refractivity (Wildman–Crippen MR) is 65.6 cm³/mol. The van der Waals surface area contributed by atoms with Crippen LogP contribution < -0.4 is 10.1 Å². The molecule has 0 radical (unpaired) electrons. The monoisotopic (exact) mass is 207 g/mol. The van der Waals surface area contributed by atoms with Crippen molar-refractivity contribution >= 4 is 5.69 Å². The molecule has 1 N–H and O–H groups in total. The molecule has 0 saturated carbocycles. The molecule has 0 aliphatic heterocycles. The molecule has 0 aliphatic rings. The Balaban J connectivity index is 2.48. The standard InChI is InChI=1S/C13H21NO/c1-4-10-15-13-8-6-12(7-9-13)14-11(3)5-2/h6-9,11,14H,4-5,10H2,1-3H3. The maximum Gasteiger partial charge on any atom is 0.119 e. The Kier molecular flexibility index (Phi) is 5.02. The quantitative estimate of drug-likeness (QED) is 0.768. The average Bonchev–Trinajstić information content (AvgIpc) is 2.28. The Morgan fingerprint density at radius 3 is 2.40 bits per heavy atom. The van der Waals surface area contributed by atoms with Crippen LogP contribution in [0.3, 0.4) is 0 Å². The van der Waals surface area contributed by atoms with E-state index < -0.39 is 0 Å². The molecule has 84 valence electrons. The summed E-state index contributed by atoms with van der Waals surface area (Å²) in [4.78, 5) is 0. The maximum atomic E-state index is 5.51. The largest absolute Gasteiger partial charge is 0.494 e. The fourth-order valence-corrected chi connectivity index (χ4v) is 1.25. The highest BCUT2D eigenvalue weighted by Gasteiger charge is 1.98. The number of hydrogen-bond donors (Lipinski definition) is 1. The van der Waals surface area contributed by atoms with Crippen LogP contribution in [-0.4, -0.2) is 12.6 Å². The van der Waals surface area contributed by atoms with Gasteiger partial charge >= 0.3 is 0 Å². The van der Waals surface area contributed by atoms with Gasteiger partial charge in [-0.05, 0) is 44.0 Å². The minimum Gasteiger partial charge on any atom is -0.494 e. The summed E-state index contributed by atoms with van der Waals surface area (Å²) in [6.45, 7) is 7.26. The van der Waals surface area contributed by atoms with Gasteiger partial charge in [0.2, 0.25) is 0 Å². The second-order valence-corrected chi connectivity index (χ2v) is 3.83. The molecule has 0 saturated heterocycles. The van der Waals surface area contributed by atoms with E-state index in [1.807, 2.05) is 12.1 Å². The smallest absolute Gasteiger partial charge is 0.119 e. The van der Waals surface area contributed by atoms with Gasteiger partial charge in [-0.1, -0.05) is 13.8 Å². The molecule has 1 atom stereocenters. The molecule has 0 aliphatic carbocycles. The van der Waals surface area contributed by atoms with Crippen LogP contribution in [-0.2, 0) is 0 Å². The lowest BCUT2D eigenvalue weighted by Gasteiger charge is -2.13. The molecule has 15 heavy (non-hydrogen) atoms. The Bertz CT molecular complexity index is 268. The van der Waals surface area contributed by atoms with Crippen LogP contribution in [0.1, 0.15) is 33.6 Å². The molecule has 1 aromatic rings. The zero-order valence-corrected chi connectivity index (χ0v) is 9.92. The first-order chi connectivity index (χ1) is 7.26. The molecule has 2 nitrogen and oxygen atoms in total. The topological polar surface area (TPSA) is 21.3 Å². The minimum absolute atomic E-state index is 0.521. The van der Waals surface area contributed by atoms with Gasteiger partial charge in [-0.15, -0.1) is 0 Å². The Hall–Kier alpha value is -1.18. The summed E-state index contributed by atoms with van der Waals surface area (Å²) in [6.07, 6.45) is 2.18. The fraction of sp³-hybridized carbons (Fsp3) is 0.538. The fourth-order valence-electron chi connectivity index (χ4n) is 1.25. The molecule has 0 amide bonds. The third kappa shape index (κ3) is 4.24. The minimum atomic E-state index is 0.521. The van der Waals surface area contributed by atoms with Gasteiger partial charge in [0.15, 0.2) is 0 Å². The lowest BCUT2D eigenvalue weighted by Crippen LogP contribution is -2.13. The summed E-state index contributed by atoms with van der Waals surface area (Å²) in [5, 5.41) is 3.42. The van der Waals surface area contributed by atoms with Gasteiger partial charge in [0, 0.05) is 11.7 Å². The van der Waals surface area contributed by atoms with Crippen LogP contribution in [0.2, 0.25) is 0 Å². The molecule has 0 spiro atoms. The van der Waals surface area contributed by atoms with E-state index in [2.05, 4.69) is 38.2 Å². The van der Waals surface area contributed by atoms with Crippen LogP contribution >= 0.6 is 0 Å². The summed E-state index contributed by atoms with van der Waals surface area (Å²) in [5.41, 5.74) is 1.16. The van der Waals surface area contributed by atoms with Gasteiger partial charge in [-0.2, -0.15) is 0 Å². The first-order valence-electron chi connectivity index (χ1n) is 5.75. The van der Waals surface area contributed by atoms with E-state index in [1.54, 1.807) is 0 Å². The van der Waals surface area contributed by atoms with Crippen molar-refractivity contribution in [3.8, 4) is 5.75 Å². The number of hydrogen-bond acceptors (Lipinski definition) is 2. The second kappa shape index (κ2) is 6.33. The number of benzene rings is 1. The second-order valence-electron chi connectivity index (χ2n) is 3.83. The summed E-state index contributed by atoms with van der Waals surface area (Å²) in [7, 11) is 0. The molecular formula is C13H21NO. The molecule has 0 aromatic heterocycles. The molecule has 0 fully saturated rings. The van der Waals surface area contributed by atoms with E-state index in [9.17, 15) is 0 Å². The van der Waals surface area contributed by atoms with E-state index >= 15 is 0 Å². The lowest BCUT2D eigenvalue weighted by molar-refractivity contribution is 0.317. The van der Waals surface area contributed by atoms with Crippen LogP contribution in [0.5, 0.6) is 5.75 Å². The zero-order valence-electron chi connectivity index (χ0n) is 9.92. The maximum absolute atomic E-state index is 5.51. The van der Waals surface area contributed by atoms with Gasteiger partial charge in [-0.25, -0.2) is 0 Å². The van der Waals surface area contributed by atoms with Crippen molar-refractivity contribution in [2.75, 3.05) is 11.9 Å². The first kappa shape index (κ1) is 11.9. The van der Waals surface area contributed by atoms with Gasteiger partial charge in [0.1, 0.15) is 5.75 Å². The van der Waals surface area contributed by atoms with Crippen molar-refractivity contribution in [1.82, 2.24) is 0 Å². The zero-order chi connectivity index (χ0) is 11.1. The Morgan fingerprint density at radius 1 is 1.20 bits per heavy atom. The number of nitrogens with one attached hydrogen (secondary N) is 1. The Labute approximate surface area is 92.6 Å². The van der Waals surface area contributed by atoms with Gasteiger partial charge < -0.3 is 10.1 Å². The summed E-state index contributed by atoms with van der Waals surface area (Å²) < 4.78 is 5.51. The van der Waals surface area contributed by atoms with Crippen molar-refractivity contribution in [1.29, 1.82) is 0 Å². The van der Waals surface area contributed by atoms with Crippen LogP contribution in [0.15, 0.2) is 24.3 Å². The molecule has 1 unspecified atom stereocenters. The van der Waals surface area contributed by atoms with Crippen molar-refractivity contribution in [3.05, 3.63) is 24.3 Å². The van der Waals surface area contributed by atoms with Crippen LogP contribution in [0, 0.1) is 0 Å². The van der Waals surface area contributed by atoms with E-state index in [1.165, 1.54) is 0 Å². The molecule has 2 heteroatoms. The van der Waals surface area contributed by atoms with E-state index in [0.717, 1.165) is 30.9 Å². The van der Waals surface area contributed by atoms with Crippen molar-refractivity contribution in [2.24, 2.45) is 0 Å². The van der Waals surface area contributed by atoms with Gasteiger partial charge in [0.25, 0.3) is 0 Å². The Morgan fingerprint density at radius 2 is 1.87 bits per heavy atom. The summed E-state index contributed by atoms with van der Waals surface area (Å²) >= 11 is 0. The highest BCUT2D eigenvalue weighted by molar-refractivity contribution is 5.46. The first-order valence-corrected chi connectivity index (χ1v) is 5.75. The summed E-state index contributed by atoms with van der Waals surface area (Å²) in [5.74, 6) is 0.951. The average molecular weight is 207 g/mol. The number of rotatable bonds is 6. The third-order valence-corrected chi connectivity index (χ3v) is 2.35. The van der Waals surface area contributed by atoms with E-state index in [-0.39, 0.29) is 0 Å². The van der Waals surface area contributed by atoms with E-state index in [4.69, 9.17) is 4.74 Å². The van der Waals surface area contributed by atoms with Crippen molar-refractivity contribution in [2.45, 2.75) is 39.7 Å². The normalized spacial score (nSPS) is 12.2. The molecule has 1 aromatic carbocycles.